The van der Waals surface area contributed by atoms with Crippen LogP contribution in [0.3, 0.4) is 0 Å². The molecule has 0 fully saturated rings. The second-order valence-corrected chi connectivity index (χ2v) is 5.42. The SMILES string of the molecule is FS(F)(Oc1cccc(Cl)c1)Oc1cccc(Cl)c1. The van der Waals surface area contributed by atoms with E-state index in [1.807, 2.05) is 0 Å². The van der Waals surface area contributed by atoms with Crippen LogP contribution in [0.5, 0.6) is 11.5 Å². The fourth-order valence-electron chi connectivity index (χ4n) is 1.28. The first-order chi connectivity index (χ1) is 8.94. The smallest absolute Gasteiger partial charge is 0.210 e. The van der Waals surface area contributed by atoms with Crippen LogP contribution in [0, 0.1) is 0 Å². The molecule has 0 bridgehead atoms. The normalized spacial score (nSPS) is 12.0. The summed E-state index contributed by atoms with van der Waals surface area (Å²) < 4.78 is 36.3. The van der Waals surface area contributed by atoms with E-state index in [9.17, 15) is 7.77 Å². The van der Waals surface area contributed by atoms with Crippen molar-refractivity contribution >= 4 is 34.6 Å². The number of hydrogen-bond donors (Lipinski definition) is 0. The minimum atomic E-state index is -4.74. The second-order valence-electron chi connectivity index (χ2n) is 3.46. The molecule has 0 heterocycles. The number of rotatable bonds is 4. The molecule has 0 radical (unpaired) electrons. The molecule has 0 N–H and O–H groups in total. The summed E-state index contributed by atoms with van der Waals surface area (Å²) in [4.78, 5) is 0. The van der Waals surface area contributed by atoms with Crippen LogP contribution < -0.4 is 8.37 Å². The molecule has 0 aliphatic rings. The molecule has 0 aliphatic heterocycles. The largest absolute Gasteiger partial charge is 0.332 e. The van der Waals surface area contributed by atoms with Gasteiger partial charge < -0.3 is 8.37 Å². The average Bonchev–Trinajstić information content (AvgIpc) is 2.27. The zero-order valence-corrected chi connectivity index (χ0v) is 11.7. The van der Waals surface area contributed by atoms with Gasteiger partial charge in [0, 0.05) is 22.2 Å². The van der Waals surface area contributed by atoms with E-state index < -0.39 is 11.4 Å². The van der Waals surface area contributed by atoms with Crippen molar-refractivity contribution in [2.45, 2.75) is 0 Å². The van der Waals surface area contributed by atoms with Crippen molar-refractivity contribution in [3.05, 3.63) is 58.6 Å². The summed E-state index contributed by atoms with van der Waals surface area (Å²) in [5.41, 5.74) is 0. The zero-order chi connectivity index (χ0) is 13.9. The van der Waals surface area contributed by atoms with Gasteiger partial charge in [0.25, 0.3) is 0 Å². The summed E-state index contributed by atoms with van der Waals surface area (Å²) in [6.07, 6.45) is 0. The van der Waals surface area contributed by atoms with Crippen LogP contribution in [0.2, 0.25) is 10.0 Å². The van der Waals surface area contributed by atoms with E-state index in [0.717, 1.165) is 0 Å². The van der Waals surface area contributed by atoms with Gasteiger partial charge in [0.1, 0.15) is 0 Å². The van der Waals surface area contributed by atoms with E-state index >= 15 is 0 Å². The van der Waals surface area contributed by atoms with Crippen molar-refractivity contribution in [1.82, 2.24) is 0 Å². The van der Waals surface area contributed by atoms with E-state index in [0.29, 0.717) is 10.0 Å². The van der Waals surface area contributed by atoms with E-state index in [-0.39, 0.29) is 11.5 Å². The quantitative estimate of drug-likeness (QED) is 0.701. The van der Waals surface area contributed by atoms with Gasteiger partial charge in [-0.1, -0.05) is 35.3 Å². The van der Waals surface area contributed by atoms with E-state index in [4.69, 9.17) is 23.2 Å². The summed E-state index contributed by atoms with van der Waals surface area (Å²) in [5.74, 6) is -0.121. The lowest BCUT2D eigenvalue weighted by Gasteiger charge is -2.24. The molecule has 2 aromatic rings. The van der Waals surface area contributed by atoms with Crippen LogP contribution in [0.25, 0.3) is 0 Å². The summed E-state index contributed by atoms with van der Waals surface area (Å²) in [7, 11) is 0. The molecule has 0 spiro atoms. The molecule has 0 aliphatic carbocycles. The van der Waals surface area contributed by atoms with Crippen molar-refractivity contribution in [3.63, 3.8) is 0 Å². The van der Waals surface area contributed by atoms with Gasteiger partial charge >= 0.3 is 0 Å². The minimum absolute atomic E-state index is 0.0606. The third-order valence-corrected chi connectivity index (χ3v) is 3.22. The van der Waals surface area contributed by atoms with E-state index in [2.05, 4.69) is 8.37 Å². The highest BCUT2D eigenvalue weighted by Crippen LogP contribution is 2.53. The van der Waals surface area contributed by atoms with Crippen LogP contribution in [-0.2, 0) is 0 Å². The first-order valence-corrected chi connectivity index (χ1v) is 7.11. The van der Waals surface area contributed by atoms with Crippen molar-refractivity contribution in [1.29, 1.82) is 0 Å². The highest BCUT2D eigenvalue weighted by Gasteiger charge is 2.23. The van der Waals surface area contributed by atoms with Crippen LogP contribution in [0.1, 0.15) is 0 Å². The maximum atomic E-state index is 13.6. The molecule has 2 nitrogen and oxygen atoms in total. The van der Waals surface area contributed by atoms with Gasteiger partial charge in [-0.2, -0.15) is 0 Å². The predicted molar refractivity (Wildman–Crippen MR) is 74.0 cm³/mol. The van der Waals surface area contributed by atoms with Gasteiger partial charge in [0.15, 0.2) is 11.5 Å². The molecule has 0 aromatic heterocycles. The molecule has 0 atom stereocenters. The maximum Gasteiger partial charge on any atom is 0.210 e. The van der Waals surface area contributed by atoms with Crippen molar-refractivity contribution < 1.29 is 16.1 Å². The lowest BCUT2D eigenvalue weighted by Crippen LogP contribution is -2.04. The van der Waals surface area contributed by atoms with E-state index in [1.165, 1.54) is 36.4 Å². The molecule has 0 unspecified atom stereocenters. The average molecular weight is 325 g/mol. The molecule has 19 heavy (non-hydrogen) atoms. The molecule has 0 amide bonds. The Kier molecular flexibility index (Phi) is 4.39. The van der Waals surface area contributed by atoms with Crippen LogP contribution in [-0.4, -0.2) is 0 Å². The van der Waals surface area contributed by atoms with Gasteiger partial charge in [-0.05, 0) is 32.0 Å². The summed E-state index contributed by atoms with van der Waals surface area (Å²) >= 11 is 6.62. The Morgan fingerprint density at radius 1 is 0.789 bits per heavy atom. The monoisotopic (exact) mass is 324 g/mol. The predicted octanol–water partition coefficient (Wildman–Crippen LogP) is 5.85. The Balaban J connectivity index is 2.10. The summed E-state index contributed by atoms with van der Waals surface area (Å²) in [6.45, 7) is 0. The fraction of sp³-hybridized carbons (Fsp3) is 0. The van der Waals surface area contributed by atoms with Crippen molar-refractivity contribution in [2.24, 2.45) is 0 Å². The topological polar surface area (TPSA) is 18.5 Å². The van der Waals surface area contributed by atoms with Gasteiger partial charge in [-0.3, -0.25) is 0 Å². The third-order valence-electron chi connectivity index (χ3n) is 1.98. The Hall–Kier alpha value is -1.17. The Morgan fingerprint density at radius 3 is 1.58 bits per heavy atom. The minimum Gasteiger partial charge on any atom is -0.332 e. The lowest BCUT2D eigenvalue weighted by atomic mass is 10.3. The molecular weight excluding hydrogens is 317 g/mol. The first kappa shape index (κ1) is 14.2. The standard InChI is InChI=1S/C12H8Cl2F2O2S/c13-9-3-1-5-11(7-9)17-19(15,16)18-12-6-2-4-10(14)8-12/h1-8H. The van der Waals surface area contributed by atoms with E-state index in [1.54, 1.807) is 12.1 Å². The highest BCUT2D eigenvalue weighted by atomic mass is 35.5. The van der Waals surface area contributed by atoms with Gasteiger partial charge in [-0.15, -0.1) is 0 Å². The second kappa shape index (κ2) is 5.86. The molecule has 2 rings (SSSR count). The zero-order valence-electron chi connectivity index (χ0n) is 9.36. The molecule has 0 saturated heterocycles. The van der Waals surface area contributed by atoms with Crippen molar-refractivity contribution in [2.75, 3.05) is 0 Å². The molecule has 102 valence electrons. The number of hydrogen-bond acceptors (Lipinski definition) is 2. The van der Waals surface area contributed by atoms with Gasteiger partial charge in [0.2, 0.25) is 11.4 Å². The fourth-order valence-corrected chi connectivity index (χ4v) is 2.33. The highest BCUT2D eigenvalue weighted by molar-refractivity contribution is 8.17. The summed E-state index contributed by atoms with van der Waals surface area (Å²) in [5, 5.41) is 0.603. The molecular formula is C12H8Cl2F2O2S. The molecule has 0 saturated carbocycles. The Labute approximate surface area is 121 Å². The number of benzene rings is 2. The van der Waals surface area contributed by atoms with Crippen molar-refractivity contribution in [3.8, 4) is 11.5 Å². The van der Waals surface area contributed by atoms with Gasteiger partial charge in [-0.25, -0.2) is 0 Å². The first-order valence-electron chi connectivity index (χ1n) is 5.07. The summed E-state index contributed by atoms with van der Waals surface area (Å²) in [6, 6.07) is 11.4. The van der Waals surface area contributed by atoms with Crippen LogP contribution >= 0.6 is 34.6 Å². The van der Waals surface area contributed by atoms with Crippen LogP contribution in [0.4, 0.5) is 7.77 Å². The lowest BCUT2D eigenvalue weighted by molar-refractivity contribution is 0.394. The Morgan fingerprint density at radius 2 is 1.21 bits per heavy atom. The molecule has 7 heteroatoms. The third kappa shape index (κ3) is 4.45. The maximum absolute atomic E-state index is 13.6. The van der Waals surface area contributed by atoms with Crippen LogP contribution in [0.15, 0.2) is 48.5 Å². The number of halogens is 4. The Bertz CT molecular complexity index is 532. The van der Waals surface area contributed by atoms with Gasteiger partial charge in [0.05, 0.1) is 0 Å². The molecule has 2 aromatic carbocycles.